The van der Waals surface area contributed by atoms with Crippen molar-refractivity contribution < 1.29 is 9.47 Å². The van der Waals surface area contributed by atoms with Crippen molar-refractivity contribution in [2.75, 3.05) is 18.5 Å². The quantitative estimate of drug-likeness (QED) is 0.632. The molecule has 0 aliphatic carbocycles. The highest BCUT2D eigenvalue weighted by Gasteiger charge is 1.97. The van der Waals surface area contributed by atoms with Crippen molar-refractivity contribution in [2.45, 2.75) is 0 Å². The fourth-order valence-electron chi connectivity index (χ4n) is 1.61. The number of nitrogens with one attached hydrogen (secondary N) is 1. The molecule has 0 bridgehead atoms. The standard InChI is InChI=1S/C15H16N2O2S/c16-15(20)17-12-6-8-14(9-7-12)19-11-10-18-13-4-2-1-3-5-13/h1-9H,10-11H2,(H3,16,17,20). The van der Waals surface area contributed by atoms with E-state index in [1.807, 2.05) is 54.6 Å². The van der Waals surface area contributed by atoms with Crippen molar-refractivity contribution in [2.24, 2.45) is 5.73 Å². The predicted molar refractivity (Wildman–Crippen MR) is 84.3 cm³/mol. The number of para-hydroxylation sites is 1. The van der Waals surface area contributed by atoms with Gasteiger partial charge in [-0.1, -0.05) is 18.2 Å². The molecule has 0 spiro atoms. The zero-order chi connectivity index (χ0) is 14.2. The summed E-state index contributed by atoms with van der Waals surface area (Å²) in [5.74, 6) is 1.61. The van der Waals surface area contributed by atoms with Gasteiger partial charge in [-0.3, -0.25) is 0 Å². The van der Waals surface area contributed by atoms with Gasteiger partial charge in [0.1, 0.15) is 24.7 Å². The number of thiocarbonyl (C=S) groups is 1. The smallest absolute Gasteiger partial charge is 0.168 e. The van der Waals surface area contributed by atoms with E-state index in [-0.39, 0.29) is 5.11 Å². The molecule has 0 saturated carbocycles. The maximum atomic E-state index is 5.57. The number of benzene rings is 2. The van der Waals surface area contributed by atoms with Crippen LogP contribution in [-0.2, 0) is 0 Å². The minimum Gasteiger partial charge on any atom is -0.490 e. The van der Waals surface area contributed by atoms with Gasteiger partial charge in [-0.15, -0.1) is 0 Å². The van der Waals surface area contributed by atoms with Gasteiger partial charge in [-0.2, -0.15) is 0 Å². The molecular formula is C15H16N2O2S. The van der Waals surface area contributed by atoms with Gasteiger partial charge in [0.2, 0.25) is 0 Å². The summed E-state index contributed by atoms with van der Waals surface area (Å²) in [6, 6.07) is 17.1. The van der Waals surface area contributed by atoms with Crippen LogP contribution in [0.25, 0.3) is 0 Å². The maximum absolute atomic E-state index is 5.57. The molecule has 0 aliphatic heterocycles. The van der Waals surface area contributed by atoms with Crippen molar-refractivity contribution in [1.82, 2.24) is 0 Å². The number of hydrogen-bond donors (Lipinski definition) is 2. The lowest BCUT2D eigenvalue weighted by molar-refractivity contribution is 0.217. The highest BCUT2D eigenvalue weighted by molar-refractivity contribution is 7.80. The highest BCUT2D eigenvalue weighted by Crippen LogP contribution is 2.15. The van der Waals surface area contributed by atoms with Crippen LogP contribution in [0, 0.1) is 0 Å². The molecule has 0 unspecified atom stereocenters. The molecule has 0 amide bonds. The third-order valence-electron chi connectivity index (χ3n) is 2.49. The summed E-state index contributed by atoms with van der Waals surface area (Å²) in [5.41, 5.74) is 6.23. The summed E-state index contributed by atoms with van der Waals surface area (Å²) in [7, 11) is 0. The van der Waals surface area contributed by atoms with Crippen LogP contribution in [0.3, 0.4) is 0 Å². The number of hydrogen-bond acceptors (Lipinski definition) is 3. The molecule has 0 fully saturated rings. The lowest BCUT2D eigenvalue weighted by Gasteiger charge is -2.09. The number of anilines is 1. The summed E-state index contributed by atoms with van der Waals surface area (Å²) < 4.78 is 11.1. The molecule has 0 aromatic heterocycles. The van der Waals surface area contributed by atoms with E-state index in [1.165, 1.54) is 0 Å². The fourth-order valence-corrected chi connectivity index (χ4v) is 1.73. The Morgan fingerprint density at radius 2 is 1.45 bits per heavy atom. The third kappa shape index (κ3) is 4.78. The first kappa shape index (κ1) is 14.1. The van der Waals surface area contributed by atoms with E-state index in [4.69, 9.17) is 27.4 Å². The number of nitrogens with two attached hydrogens (primary N) is 1. The van der Waals surface area contributed by atoms with Crippen LogP contribution >= 0.6 is 12.2 Å². The van der Waals surface area contributed by atoms with Crippen molar-refractivity contribution in [3.63, 3.8) is 0 Å². The van der Waals surface area contributed by atoms with E-state index in [1.54, 1.807) is 0 Å². The summed E-state index contributed by atoms with van der Waals surface area (Å²) in [6.07, 6.45) is 0. The Labute approximate surface area is 123 Å². The van der Waals surface area contributed by atoms with Gasteiger partial charge in [-0.05, 0) is 48.6 Å². The molecule has 0 radical (unpaired) electrons. The second kappa shape index (κ2) is 7.35. The first-order chi connectivity index (χ1) is 9.74. The Morgan fingerprint density at radius 3 is 2.00 bits per heavy atom. The molecule has 0 atom stereocenters. The third-order valence-corrected chi connectivity index (χ3v) is 2.59. The Hall–Kier alpha value is -2.27. The molecule has 3 N–H and O–H groups in total. The first-order valence-corrected chi connectivity index (χ1v) is 6.62. The molecule has 0 saturated heterocycles. The van der Waals surface area contributed by atoms with E-state index in [0.29, 0.717) is 13.2 Å². The van der Waals surface area contributed by atoms with Gasteiger partial charge < -0.3 is 20.5 Å². The largest absolute Gasteiger partial charge is 0.490 e. The molecule has 2 aromatic rings. The average molecular weight is 288 g/mol. The summed E-state index contributed by atoms with van der Waals surface area (Å²) >= 11 is 4.76. The van der Waals surface area contributed by atoms with Gasteiger partial charge in [0.15, 0.2) is 5.11 Å². The van der Waals surface area contributed by atoms with E-state index < -0.39 is 0 Å². The van der Waals surface area contributed by atoms with Crippen LogP contribution in [0.4, 0.5) is 5.69 Å². The molecular weight excluding hydrogens is 272 g/mol. The minimum atomic E-state index is 0.245. The predicted octanol–water partition coefficient (Wildman–Crippen LogP) is 2.80. The van der Waals surface area contributed by atoms with Gasteiger partial charge in [-0.25, -0.2) is 0 Å². The zero-order valence-electron chi connectivity index (χ0n) is 10.9. The molecule has 104 valence electrons. The van der Waals surface area contributed by atoms with Crippen LogP contribution in [0.5, 0.6) is 11.5 Å². The monoisotopic (exact) mass is 288 g/mol. The zero-order valence-corrected chi connectivity index (χ0v) is 11.7. The average Bonchev–Trinajstić information content (AvgIpc) is 2.46. The molecule has 2 rings (SSSR count). The van der Waals surface area contributed by atoms with Crippen molar-refractivity contribution in [3.8, 4) is 11.5 Å². The normalized spacial score (nSPS) is 9.80. The van der Waals surface area contributed by atoms with E-state index >= 15 is 0 Å². The number of rotatable bonds is 6. The molecule has 0 heterocycles. The van der Waals surface area contributed by atoms with Gasteiger partial charge in [0, 0.05) is 5.69 Å². The van der Waals surface area contributed by atoms with E-state index in [0.717, 1.165) is 17.2 Å². The highest BCUT2D eigenvalue weighted by atomic mass is 32.1. The van der Waals surface area contributed by atoms with Crippen LogP contribution in [0.15, 0.2) is 54.6 Å². The lowest BCUT2D eigenvalue weighted by Crippen LogP contribution is -2.18. The SMILES string of the molecule is NC(=S)Nc1ccc(OCCOc2ccccc2)cc1. The van der Waals surface area contributed by atoms with Gasteiger partial charge in [0.05, 0.1) is 0 Å². The minimum absolute atomic E-state index is 0.245. The van der Waals surface area contributed by atoms with Crippen LogP contribution < -0.4 is 20.5 Å². The first-order valence-electron chi connectivity index (χ1n) is 6.21. The molecule has 5 heteroatoms. The maximum Gasteiger partial charge on any atom is 0.168 e. The molecule has 20 heavy (non-hydrogen) atoms. The summed E-state index contributed by atoms with van der Waals surface area (Å²) in [5, 5.41) is 3.10. The Kier molecular flexibility index (Phi) is 5.20. The molecule has 4 nitrogen and oxygen atoms in total. The summed E-state index contributed by atoms with van der Waals surface area (Å²) in [6.45, 7) is 0.980. The van der Waals surface area contributed by atoms with E-state index in [2.05, 4.69) is 5.32 Å². The second-order valence-electron chi connectivity index (χ2n) is 4.02. The van der Waals surface area contributed by atoms with Gasteiger partial charge >= 0.3 is 0 Å². The fraction of sp³-hybridized carbons (Fsp3) is 0.133. The van der Waals surface area contributed by atoms with Crippen LogP contribution in [-0.4, -0.2) is 18.3 Å². The number of ether oxygens (including phenoxy) is 2. The van der Waals surface area contributed by atoms with E-state index in [9.17, 15) is 0 Å². The molecule has 0 aliphatic rings. The Balaban J connectivity index is 1.73. The lowest BCUT2D eigenvalue weighted by atomic mass is 10.3. The van der Waals surface area contributed by atoms with Crippen molar-refractivity contribution in [1.29, 1.82) is 0 Å². The summed E-state index contributed by atoms with van der Waals surface area (Å²) in [4.78, 5) is 0. The van der Waals surface area contributed by atoms with Gasteiger partial charge in [0.25, 0.3) is 0 Å². The second-order valence-corrected chi connectivity index (χ2v) is 4.46. The Morgan fingerprint density at radius 1 is 0.900 bits per heavy atom. The topological polar surface area (TPSA) is 56.5 Å². The van der Waals surface area contributed by atoms with Crippen LogP contribution in [0.2, 0.25) is 0 Å². The molecule has 2 aromatic carbocycles. The van der Waals surface area contributed by atoms with Crippen LogP contribution in [0.1, 0.15) is 0 Å². The van der Waals surface area contributed by atoms with Crippen molar-refractivity contribution >= 4 is 23.0 Å². The van der Waals surface area contributed by atoms with Crippen molar-refractivity contribution in [3.05, 3.63) is 54.6 Å². The Bertz CT molecular complexity index is 544.